The van der Waals surface area contributed by atoms with Crippen molar-refractivity contribution >= 4 is 0 Å². The van der Waals surface area contributed by atoms with Crippen LogP contribution in [0.2, 0.25) is 0 Å². The minimum atomic E-state index is 0.395. The van der Waals surface area contributed by atoms with Crippen molar-refractivity contribution in [2.45, 2.75) is 45.2 Å². The average Bonchev–Trinajstić information content (AvgIpc) is 2.88. The topological polar surface area (TPSA) is 42.7 Å². The summed E-state index contributed by atoms with van der Waals surface area (Å²) in [5, 5.41) is 3.66. The Morgan fingerprint density at radius 1 is 1.21 bits per heavy atom. The van der Waals surface area contributed by atoms with Crippen LogP contribution >= 0.6 is 0 Å². The molecule has 100 valence electrons. The zero-order valence-electron chi connectivity index (χ0n) is 11.5. The lowest BCUT2D eigenvalue weighted by Crippen LogP contribution is -2.35. The van der Waals surface area contributed by atoms with E-state index in [4.69, 9.17) is 0 Å². The number of piperidine rings is 1. The third-order valence-electron chi connectivity index (χ3n) is 3.78. The van der Waals surface area contributed by atoms with E-state index in [0.717, 1.165) is 5.69 Å². The lowest BCUT2D eigenvalue weighted by Gasteiger charge is -2.29. The van der Waals surface area contributed by atoms with E-state index in [0.29, 0.717) is 12.1 Å². The van der Waals surface area contributed by atoms with E-state index < -0.39 is 0 Å². The summed E-state index contributed by atoms with van der Waals surface area (Å²) in [5.41, 5.74) is 3.49. The lowest BCUT2D eigenvalue weighted by atomic mass is 9.97. The first-order valence-electron chi connectivity index (χ1n) is 6.94. The van der Waals surface area contributed by atoms with Crippen LogP contribution in [-0.2, 0) is 0 Å². The van der Waals surface area contributed by atoms with Crippen molar-refractivity contribution in [3.05, 3.63) is 42.2 Å². The van der Waals surface area contributed by atoms with Crippen LogP contribution in [0.1, 0.15) is 43.5 Å². The highest BCUT2D eigenvalue weighted by molar-refractivity contribution is 5.34. The average molecular weight is 256 g/mol. The van der Waals surface area contributed by atoms with Gasteiger partial charge in [0.15, 0.2) is 0 Å². The third-order valence-corrected chi connectivity index (χ3v) is 3.78. The Morgan fingerprint density at radius 3 is 2.89 bits per heavy atom. The van der Waals surface area contributed by atoms with Gasteiger partial charge in [-0.1, -0.05) is 0 Å². The minimum absolute atomic E-state index is 0.395. The molecular formula is C15H20N4. The summed E-state index contributed by atoms with van der Waals surface area (Å²) in [6.45, 7) is 4.31. The Morgan fingerprint density at radius 2 is 2.11 bits per heavy atom. The monoisotopic (exact) mass is 256 g/mol. The van der Waals surface area contributed by atoms with E-state index in [1.54, 1.807) is 0 Å². The van der Waals surface area contributed by atoms with Crippen LogP contribution in [0, 0.1) is 6.92 Å². The highest BCUT2D eigenvalue weighted by Crippen LogP contribution is 2.26. The summed E-state index contributed by atoms with van der Waals surface area (Å²) < 4.78 is 2.15. The fourth-order valence-electron chi connectivity index (χ4n) is 2.82. The molecule has 3 heterocycles. The Hall–Kier alpha value is -1.68. The second kappa shape index (κ2) is 5.13. The van der Waals surface area contributed by atoms with E-state index in [2.05, 4.69) is 39.8 Å². The van der Waals surface area contributed by atoms with Crippen LogP contribution in [-0.4, -0.2) is 20.6 Å². The van der Waals surface area contributed by atoms with Crippen LogP contribution < -0.4 is 5.32 Å². The molecule has 0 bridgehead atoms. The van der Waals surface area contributed by atoms with Crippen LogP contribution in [0.15, 0.2) is 31.0 Å². The molecule has 2 atom stereocenters. The molecule has 2 unspecified atom stereocenters. The van der Waals surface area contributed by atoms with E-state index in [-0.39, 0.29) is 0 Å². The van der Waals surface area contributed by atoms with Gasteiger partial charge in [-0.15, -0.1) is 0 Å². The highest BCUT2D eigenvalue weighted by Gasteiger charge is 2.22. The molecule has 0 saturated carbocycles. The van der Waals surface area contributed by atoms with Crippen molar-refractivity contribution in [2.24, 2.45) is 0 Å². The van der Waals surface area contributed by atoms with Crippen LogP contribution in [0.3, 0.4) is 0 Å². The third kappa shape index (κ3) is 2.54. The van der Waals surface area contributed by atoms with E-state index in [1.165, 1.54) is 30.5 Å². The molecule has 0 aromatic carbocycles. The largest absolute Gasteiger partial charge is 0.306 e. The first-order valence-corrected chi connectivity index (χ1v) is 6.94. The molecule has 0 spiro atoms. The van der Waals surface area contributed by atoms with Gasteiger partial charge in [0.25, 0.3) is 0 Å². The van der Waals surface area contributed by atoms with E-state index in [1.807, 2.05) is 24.9 Å². The van der Waals surface area contributed by atoms with Gasteiger partial charge in [-0.2, -0.15) is 0 Å². The summed E-state index contributed by atoms with van der Waals surface area (Å²) in [6, 6.07) is 3.12. The normalized spacial score (nSPS) is 23.5. The minimum Gasteiger partial charge on any atom is -0.306 e. The first kappa shape index (κ1) is 12.4. The molecule has 0 amide bonds. The van der Waals surface area contributed by atoms with E-state index >= 15 is 0 Å². The molecule has 2 aromatic rings. The number of hydrogen-bond acceptors (Lipinski definition) is 3. The molecular weight excluding hydrogens is 236 g/mol. The maximum Gasteiger partial charge on any atom is 0.0995 e. The lowest BCUT2D eigenvalue weighted by molar-refractivity contribution is 0.334. The van der Waals surface area contributed by atoms with Crippen LogP contribution in [0.4, 0.5) is 0 Å². The van der Waals surface area contributed by atoms with Crippen molar-refractivity contribution in [2.75, 3.05) is 0 Å². The van der Waals surface area contributed by atoms with Gasteiger partial charge >= 0.3 is 0 Å². The molecule has 4 heteroatoms. The summed E-state index contributed by atoms with van der Waals surface area (Å²) >= 11 is 0. The number of nitrogens with zero attached hydrogens (tertiary/aromatic N) is 3. The molecule has 0 radical (unpaired) electrons. The number of aryl methyl sites for hydroxylation is 1. The van der Waals surface area contributed by atoms with Gasteiger partial charge in [0.1, 0.15) is 0 Å². The number of pyridine rings is 1. The van der Waals surface area contributed by atoms with Crippen molar-refractivity contribution in [3.63, 3.8) is 0 Å². The van der Waals surface area contributed by atoms with Gasteiger partial charge in [0.2, 0.25) is 0 Å². The molecule has 1 N–H and O–H groups in total. The molecule has 1 aliphatic rings. The molecule has 3 rings (SSSR count). The maximum absolute atomic E-state index is 4.32. The predicted molar refractivity (Wildman–Crippen MR) is 75.3 cm³/mol. The number of hydrogen-bond donors (Lipinski definition) is 1. The predicted octanol–water partition coefficient (Wildman–Crippen LogP) is 2.78. The Kier molecular flexibility index (Phi) is 3.34. The number of rotatable bonds is 2. The standard InChI is InChI=1S/C15H20N4/c1-11-6-13(8-16-7-11)19-10-17-9-15(19)14-5-3-4-12(2)18-14/h6-10,12,14,18H,3-5H2,1-2H3. The number of aromatic nitrogens is 3. The zero-order valence-corrected chi connectivity index (χ0v) is 11.5. The molecule has 4 nitrogen and oxygen atoms in total. The summed E-state index contributed by atoms with van der Waals surface area (Å²) in [5.74, 6) is 0. The summed E-state index contributed by atoms with van der Waals surface area (Å²) in [6.07, 6.45) is 11.3. The van der Waals surface area contributed by atoms with Crippen molar-refractivity contribution < 1.29 is 0 Å². The molecule has 1 fully saturated rings. The Bertz CT molecular complexity index is 561. The van der Waals surface area contributed by atoms with Crippen LogP contribution in [0.25, 0.3) is 5.69 Å². The van der Waals surface area contributed by atoms with Gasteiger partial charge in [0.05, 0.1) is 30.1 Å². The molecule has 2 aromatic heterocycles. The summed E-state index contributed by atoms with van der Waals surface area (Å²) in [4.78, 5) is 8.60. The van der Waals surface area contributed by atoms with E-state index in [9.17, 15) is 0 Å². The number of nitrogens with one attached hydrogen (secondary N) is 1. The molecule has 1 aliphatic heterocycles. The smallest absolute Gasteiger partial charge is 0.0995 e. The van der Waals surface area contributed by atoms with Crippen molar-refractivity contribution in [1.82, 2.24) is 19.9 Å². The number of imidazole rings is 1. The SMILES string of the molecule is Cc1cncc(-n2cncc2C2CCCC(C)N2)c1. The van der Waals surface area contributed by atoms with Gasteiger partial charge in [-0.05, 0) is 44.7 Å². The van der Waals surface area contributed by atoms with Gasteiger partial charge in [-0.3, -0.25) is 4.98 Å². The van der Waals surface area contributed by atoms with Gasteiger partial charge < -0.3 is 9.88 Å². The van der Waals surface area contributed by atoms with Crippen LogP contribution in [0.5, 0.6) is 0 Å². The Labute approximate surface area is 113 Å². The first-order chi connectivity index (χ1) is 9.24. The van der Waals surface area contributed by atoms with Crippen molar-refractivity contribution in [1.29, 1.82) is 0 Å². The fraction of sp³-hybridized carbons (Fsp3) is 0.467. The highest BCUT2D eigenvalue weighted by atomic mass is 15.1. The Balaban J connectivity index is 1.94. The molecule has 1 saturated heterocycles. The van der Waals surface area contributed by atoms with Crippen molar-refractivity contribution in [3.8, 4) is 5.69 Å². The second-order valence-electron chi connectivity index (χ2n) is 5.46. The fourth-order valence-corrected chi connectivity index (χ4v) is 2.82. The summed E-state index contributed by atoms with van der Waals surface area (Å²) in [7, 11) is 0. The molecule has 19 heavy (non-hydrogen) atoms. The van der Waals surface area contributed by atoms with Gasteiger partial charge in [-0.25, -0.2) is 4.98 Å². The zero-order chi connectivity index (χ0) is 13.2. The van der Waals surface area contributed by atoms with Gasteiger partial charge in [0, 0.05) is 18.3 Å². The quantitative estimate of drug-likeness (QED) is 0.898. The second-order valence-corrected chi connectivity index (χ2v) is 5.46. The molecule has 0 aliphatic carbocycles. The maximum atomic E-state index is 4.32.